The van der Waals surface area contributed by atoms with Crippen molar-refractivity contribution in [2.75, 3.05) is 7.05 Å². The minimum atomic E-state index is -4.31. The SMILES string of the molecule is CCC/C(=C\N(C)NC(C)c1ccc(C(F)(F)F)cc1)CC1=CNC2NC=CC=C12. The van der Waals surface area contributed by atoms with E-state index < -0.39 is 11.7 Å². The molecule has 2 aliphatic rings. The van der Waals surface area contributed by atoms with Gasteiger partial charge in [0.05, 0.1) is 5.56 Å². The first-order chi connectivity index (χ1) is 14.3. The standard InChI is InChI=1S/C23H29F3N4/c1-4-6-17(13-19-14-28-22-21(19)7-5-12-27-22)15-30(3)29-16(2)18-8-10-20(11-9-18)23(24,25)26/h5,7-12,14-16,22,27-29H,4,6,13H2,1-3H3/b17-15+. The molecule has 162 valence electrons. The third kappa shape index (κ3) is 5.48. The molecule has 2 unspecified atom stereocenters. The summed E-state index contributed by atoms with van der Waals surface area (Å²) in [5.41, 5.74) is 7.31. The Morgan fingerprint density at radius 1 is 1.23 bits per heavy atom. The molecule has 3 N–H and O–H groups in total. The summed E-state index contributed by atoms with van der Waals surface area (Å²) in [7, 11) is 1.92. The van der Waals surface area contributed by atoms with Crippen molar-refractivity contribution in [2.24, 2.45) is 0 Å². The first-order valence-corrected chi connectivity index (χ1v) is 10.2. The van der Waals surface area contributed by atoms with Crippen molar-refractivity contribution in [1.29, 1.82) is 0 Å². The first kappa shape index (κ1) is 22.0. The maximum atomic E-state index is 12.8. The molecule has 0 aliphatic carbocycles. The van der Waals surface area contributed by atoms with Crippen LogP contribution in [0.4, 0.5) is 13.2 Å². The highest BCUT2D eigenvalue weighted by Crippen LogP contribution is 2.30. The van der Waals surface area contributed by atoms with Gasteiger partial charge in [0, 0.05) is 25.5 Å². The second-order valence-electron chi connectivity index (χ2n) is 7.71. The van der Waals surface area contributed by atoms with Crippen LogP contribution in [-0.4, -0.2) is 18.2 Å². The summed E-state index contributed by atoms with van der Waals surface area (Å²) in [4.78, 5) is 0. The van der Waals surface area contributed by atoms with Crippen LogP contribution >= 0.6 is 0 Å². The van der Waals surface area contributed by atoms with Gasteiger partial charge in [-0.2, -0.15) is 13.2 Å². The number of halogens is 3. The van der Waals surface area contributed by atoms with E-state index in [0.29, 0.717) is 0 Å². The Labute approximate surface area is 176 Å². The molecule has 7 heteroatoms. The van der Waals surface area contributed by atoms with Crippen LogP contribution in [0, 0.1) is 0 Å². The summed E-state index contributed by atoms with van der Waals surface area (Å²) in [6, 6.07) is 5.18. The fourth-order valence-corrected chi connectivity index (χ4v) is 3.76. The van der Waals surface area contributed by atoms with E-state index in [1.165, 1.54) is 28.9 Å². The third-order valence-electron chi connectivity index (χ3n) is 5.24. The van der Waals surface area contributed by atoms with Gasteiger partial charge in [-0.3, -0.25) is 0 Å². The number of fused-ring (bicyclic) bond motifs is 1. The van der Waals surface area contributed by atoms with Gasteiger partial charge in [0.15, 0.2) is 0 Å². The zero-order chi connectivity index (χ0) is 21.7. The van der Waals surface area contributed by atoms with Gasteiger partial charge in [-0.05, 0) is 66.5 Å². The molecule has 0 radical (unpaired) electrons. The lowest BCUT2D eigenvalue weighted by atomic mass is 9.96. The fraction of sp³-hybridized carbons (Fsp3) is 0.391. The Hall–Kier alpha value is -2.67. The Kier molecular flexibility index (Phi) is 6.92. The average molecular weight is 419 g/mol. The lowest BCUT2D eigenvalue weighted by Gasteiger charge is -2.24. The van der Waals surface area contributed by atoms with Crippen molar-refractivity contribution in [3.05, 3.63) is 82.9 Å². The lowest BCUT2D eigenvalue weighted by molar-refractivity contribution is -0.137. The molecule has 0 spiro atoms. The predicted octanol–water partition coefficient (Wildman–Crippen LogP) is 5.13. The van der Waals surface area contributed by atoms with Crippen molar-refractivity contribution < 1.29 is 13.2 Å². The lowest BCUT2D eigenvalue weighted by Crippen LogP contribution is -2.35. The van der Waals surface area contributed by atoms with Crippen LogP contribution in [0.3, 0.4) is 0 Å². The summed E-state index contributed by atoms with van der Waals surface area (Å²) in [6.07, 6.45) is 8.91. The number of rotatable bonds is 8. The highest BCUT2D eigenvalue weighted by molar-refractivity contribution is 5.45. The normalized spacial score (nSPS) is 19.4. The van der Waals surface area contributed by atoms with E-state index in [9.17, 15) is 13.2 Å². The zero-order valence-corrected chi connectivity index (χ0v) is 17.6. The topological polar surface area (TPSA) is 39.3 Å². The van der Waals surface area contributed by atoms with Gasteiger partial charge < -0.3 is 15.6 Å². The number of nitrogens with zero attached hydrogens (tertiary/aromatic N) is 1. The summed E-state index contributed by atoms with van der Waals surface area (Å²) in [5.74, 6) is 0. The molecule has 0 fully saturated rings. The summed E-state index contributed by atoms with van der Waals surface area (Å²) >= 11 is 0. The average Bonchev–Trinajstić information content (AvgIpc) is 3.10. The number of benzene rings is 1. The van der Waals surface area contributed by atoms with Gasteiger partial charge in [-0.1, -0.05) is 31.6 Å². The third-order valence-corrected chi connectivity index (χ3v) is 5.24. The van der Waals surface area contributed by atoms with Crippen LogP contribution in [0.15, 0.2) is 71.7 Å². The van der Waals surface area contributed by atoms with Gasteiger partial charge >= 0.3 is 6.18 Å². The number of allylic oxidation sites excluding steroid dienone is 3. The van der Waals surface area contributed by atoms with E-state index >= 15 is 0 Å². The minimum Gasteiger partial charge on any atom is -0.368 e. The van der Waals surface area contributed by atoms with Gasteiger partial charge in [-0.15, -0.1) is 0 Å². The highest BCUT2D eigenvalue weighted by atomic mass is 19.4. The monoisotopic (exact) mass is 418 g/mol. The van der Waals surface area contributed by atoms with Crippen LogP contribution in [-0.2, 0) is 6.18 Å². The van der Waals surface area contributed by atoms with E-state index in [2.05, 4.69) is 41.5 Å². The molecule has 0 aromatic heterocycles. The second-order valence-corrected chi connectivity index (χ2v) is 7.71. The molecule has 3 rings (SSSR count). The summed E-state index contributed by atoms with van der Waals surface area (Å²) < 4.78 is 38.3. The van der Waals surface area contributed by atoms with Crippen LogP contribution in [0.5, 0.6) is 0 Å². The molecular weight excluding hydrogens is 389 g/mol. The molecule has 0 saturated carbocycles. The number of alkyl halides is 3. The van der Waals surface area contributed by atoms with Gasteiger partial charge in [0.1, 0.15) is 6.17 Å². The molecule has 30 heavy (non-hydrogen) atoms. The maximum absolute atomic E-state index is 12.8. The molecule has 1 aromatic rings. The Bertz CT molecular complexity index is 850. The van der Waals surface area contributed by atoms with Crippen LogP contribution in [0.2, 0.25) is 0 Å². The van der Waals surface area contributed by atoms with Gasteiger partial charge in [0.2, 0.25) is 0 Å². The van der Waals surface area contributed by atoms with Crippen molar-refractivity contribution in [1.82, 2.24) is 21.1 Å². The van der Waals surface area contributed by atoms with E-state index in [4.69, 9.17) is 0 Å². The molecular formula is C23H29F3N4. The van der Waals surface area contributed by atoms with E-state index in [1.54, 1.807) is 0 Å². The largest absolute Gasteiger partial charge is 0.416 e. The summed E-state index contributed by atoms with van der Waals surface area (Å²) in [6.45, 7) is 4.09. The predicted molar refractivity (Wildman–Crippen MR) is 114 cm³/mol. The first-order valence-electron chi connectivity index (χ1n) is 10.2. The van der Waals surface area contributed by atoms with Gasteiger partial charge in [-0.25, -0.2) is 5.43 Å². The van der Waals surface area contributed by atoms with Crippen molar-refractivity contribution in [3.8, 4) is 0 Å². The van der Waals surface area contributed by atoms with E-state index in [1.807, 2.05) is 31.3 Å². The van der Waals surface area contributed by atoms with Gasteiger partial charge in [0.25, 0.3) is 0 Å². The molecule has 2 atom stereocenters. The molecule has 2 heterocycles. The van der Waals surface area contributed by atoms with E-state index in [0.717, 1.165) is 37.0 Å². The molecule has 2 aliphatic heterocycles. The smallest absolute Gasteiger partial charge is 0.368 e. The second kappa shape index (κ2) is 9.43. The van der Waals surface area contributed by atoms with Crippen LogP contribution < -0.4 is 16.1 Å². The number of hydrogen-bond donors (Lipinski definition) is 3. The molecule has 1 aromatic carbocycles. The molecule has 0 amide bonds. The van der Waals surface area contributed by atoms with Crippen molar-refractivity contribution in [2.45, 2.75) is 51.5 Å². The van der Waals surface area contributed by atoms with E-state index in [-0.39, 0.29) is 12.2 Å². The number of dihydropyridines is 1. The van der Waals surface area contributed by atoms with Crippen LogP contribution in [0.1, 0.15) is 50.3 Å². The maximum Gasteiger partial charge on any atom is 0.416 e. The Morgan fingerprint density at radius 3 is 2.63 bits per heavy atom. The van der Waals surface area contributed by atoms with Crippen molar-refractivity contribution in [3.63, 3.8) is 0 Å². The summed E-state index contributed by atoms with van der Waals surface area (Å²) in [5, 5.41) is 8.54. The minimum absolute atomic E-state index is 0.122. The number of hydrazine groups is 1. The molecule has 4 nitrogen and oxygen atoms in total. The fourth-order valence-electron chi connectivity index (χ4n) is 3.76. The quantitative estimate of drug-likeness (QED) is 0.512. The van der Waals surface area contributed by atoms with Crippen LogP contribution in [0.25, 0.3) is 0 Å². The number of hydrogen-bond acceptors (Lipinski definition) is 4. The van der Waals surface area contributed by atoms with Crippen molar-refractivity contribution >= 4 is 0 Å². The Balaban J connectivity index is 1.64. The molecule has 0 bridgehead atoms. The zero-order valence-electron chi connectivity index (χ0n) is 17.6. The highest BCUT2D eigenvalue weighted by Gasteiger charge is 2.30. The Morgan fingerprint density at radius 2 is 1.97 bits per heavy atom. The molecule has 0 saturated heterocycles. The number of nitrogens with one attached hydrogen (secondary N) is 3.